The minimum absolute atomic E-state index is 0.0201. The lowest BCUT2D eigenvalue weighted by Gasteiger charge is -2.15. The number of aryl methyl sites for hydroxylation is 1. The van der Waals surface area contributed by atoms with Gasteiger partial charge in [0.25, 0.3) is 0 Å². The molecule has 0 atom stereocenters. The van der Waals surface area contributed by atoms with Crippen LogP contribution in [-0.2, 0) is 13.0 Å². The molecule has 4 rings (SSSR count). The van der Waals surface area contributed by atoms with Crippen molar-refractivity contribution >= 4 is 0 Å². The number of rotatable bonds is 6. The van der Waals surface area contributed by atoms with Gasteiger partial charge in [-0.05, 0) is 60.9 Å². The van der Waals surface area contributed by atoms with E-state index in [2.05, 4.69) is 19.6 Å². The lowest BCUT2D eigenvalue weighted by Crippen LogP contribution is -2.06. The molecule has 2 N–H and O–H groups in total. The Morgan fingerprint density at radius 3 is 2.69 bits per heavy atom. The van der Waals surface area contributed by atoms with Crippen LogP contribution in [0.15, 0.2) is 51.8 Å². The molecule has 0 spiro atoms. The molecule has 0 bridgehead atoms. The van der Waals surface area contributed by atoms with Crippen molar-refractivity contribution in [3.05, 3.63) is 92.9 Å². The van der Waals surface area contributed by atoms with Crippen molar-refractivity contribution in [3.63, 3.8) is 0 Å². The summed E-state index contributed by atoms with van der Waals surface area (Å²) in [5, 5.41) is 13.7. The van der Waals surface area contributed by atoms with E-state index in [1.54, 1.807) is 25.1 Å². The Morgan fingerprint density at radius 2 is 1.97 bits per heavy atom. The zero-order chi connectivity index (χ0) is 22.8. The van der Waals surface area contributed by atoms with Gasteiger partial charge in [0.1, 0.15) is 23.9 Å². The number of aromatic hydroxyl groups is 1. The number of nitrogens with one attached hydrogen (secondary N) is 1. The normalized spacial score (nSPS) is 11.0. The average molecular weight is 439 g/mol. The third-order valence-electron chi connectivity index (χ3n) is 5.06. The van der Waals surface area contributed by atoms with E-state index < -0.39 is 17.4 Å². The second kappa shape index (κ2) is 8.62. The molecule has 0 radical (unpaired) electrons. The van der Waals surface area contributed by atoms with Crippen molar-refractivity contribution in [2.75, 3.05) is 0 Å². The highest BCUT2D eigenvalue weighted by molar-refractivity contribution is 5.66. The molecule has 2 aromatic heterocycles. The van der Waals surface area contributed by atoms with Gasteiger partial charge in [-0.25, -0.2) is 18.6 Å². The third kappa shape index (κ3) is 4.36. The molecular weight excluding hydrogens is 420 g/mol. The lowest BCUT2D eigenvalue weighted by atomic mass is 9.97. The quantitative estimate of drug-likeness (QED) is 0.467. The van der Waals surface area contributed by atoms with E-state index in [0.717, 1.165) is 5.56 Å². The van der Waals surface area contributed by atoms with Crippen LogP contribution in [0.3, 0.4) is 0 Å². The fraction of sp³-hybridized carbons (Fsp3) is 0.174. The SMILES string of the molecule is Cc1cc(OCc2noc(=O)[nH]2)c(F)c(C)c1Cc1ccc(O)c(-c2cccc(F)c2)n1. The summed E-state index contributed by atoms with van der Waals surface area (Å²) in [6.07, 6.45) is 0.300. The lowest BCUT2D eigenvalue weighted by molar-refractivity contribution is 0.271. The van der Waals surface area contributed by atoms with Crippen molar-refractivity contribution in [1.29, 1.82) is 0 Å². The summed E-state index contributed by atoms with van der Waals surface area (Å²) < 4.78 is 38.4. The van der Waals surface area contributed by atoms with Gasteiger partial charge in [-0.15, -0.1) is 0 Å². The van der Waals surface area contributed by atoms with E-state index in [4.69, 9.17) is 4.74 Å². The highest BCUT2D eigenvalue weighted by Gasteiger charge is 2.17. The van der Waals surface area contributed by atoms with E-state index in [-0.39, 0.29) is 29.6 Å². The van der Waals surface area contributed by atoms with Crippen LogP contribution in [0.25, 0.3) is 11.3 Å². The summed E-state index contributed by atoms with van der Waals surface area (Å²) >= 11 is 0. The van der Waals surface area contributed by atoms with Gasteiger partial charge >= 0.3 is 5.76 Å². The molecule has 32 heavy (non-hydrogen) atoms. The summed E-state index contributed by atoms with van der Waals surface area (Å²) in [7, 11) is 0. The predicted octanol–water partition coefficient (Wildman–Crippen LogP) is 4.20. The number of nitrogens with zero attached hydrogens (tertiary/aromatic N) is 2. The van der Waals surface area contributed by atoms with E-state index in [9.17, 15) is 18.7 Å². The second-order valence-electron chi connectivity index (χ2n) is 7.30. The van der Waals surface area contributed by atoms with Gasteiger partial charge in [0.15, 0.2) is 17.4 Å². The molecule has 2 heterocycles. The van der Waals surface area contributed by atoms with Gasteiger partial charge in [-0.2, -0.15) is 0 Å². The summed E-state index contributed by atoms with van der Waals surface area (Å²) in [4.78, 5) is 17.8. The number of halogens is 2. The maximum Gasteiger partial charge on any atom is 0.439 e. The molecule has 0 saturated carbocycles. The first kappa shape index (κ1) is 21.2. The summed E-state index contributed by atoms with van der Waals surface area (Å²) in [5.41, 5.74) is 3.15. The van der Waals surface area contributed by atoms with Gasteiger partial charge in [0.05, 0.1) is 0 Å². The summed E-state index contributed by atoms with van der Waals surface area (Å²) in [6.45, 7) is 3.30. The first-order valence-corrected chi connectivity index (χ1v) is 9.73. The zero-order valence-electron chi connectivity index (χ0n) is 17.3. The van der Waals surface area contributed by atoms with Gasteiger partial charge in [0, 0.05) is 17.7 Å². The second-order valence-corrected chi connectivity index (χ2v) is 7.30. The minimum atomic E-state index is -0.717. The van der Waals surface area contributed by atoms with E-state index in [1.165, 1.54) is 24.3 Å². The fourth-order valence-electron chi connectivity index (χ4n) is 3.43. The molecule has 0 fully saturated rings. The number of hydrogen-bond donors (Lipinski definition) is 2. The molecular formula is C23H19F2N3O4. The molecule has 7 nitrogen and oxygen atoms in total. The fourth-order valence-corrected chi connectivity index (χ4v) is 3.43. The van der Waals surface area contributed by atoms with Crippen molar-refractivity contribution < 1.29 is 23.1 Å². The van der Waals surface area contributed by atoms with Gasteiger partial charge in [0.2, 0.25) is 0 Å². The van der Waals surface area contributed by atoms with Crippen LogP contribution in [-0.4, -0.2) is 20.2 Å². The number of H-pyrrole nitrogens is 1. The molecule has 0 amide bonds. The molecule has 9 heteroatoms. The average Bonchev–Trinajstić information content (AvgIpc) is 3.19. The predicted molar refractivity (Wildman–Crippen MR) is 111 cm³/mol. The summed E-state index contributed by atoms with van der Waals surface area (Å²) in [5.74, 6) is -1.60. The molecule has 2 aromatic carbocycles. The van der Waals surface area contributed by atoms with Crippen molar-refractivity contribution in [3.8, 4) is 22.8 Å². The van der Waals surface area contributed by atoms with Crippen LogP contribution < -0.4 is 10.5 Å². The van der Waals surface area contributed by atoms with Crippen LogP contribution in [0.5, 0.6) is 11.5 Å². The number of hydrogen-bond acceptors (Lipinski definition) is 6. The molecule has 0 aliphatic heterocycles. The van der Waals surface area contributed by atoms with Crippen molar-refractivity contribution in [1.82, 2.24) is 15.1 Å². The Morgan fingerprint density at radius 1 is 1.16 bits per heavy atom. The largest absolute Gasteiger partial charge is 0.506 e. The Bertz CT molecular complexity index is 1350. The Labute approximate surface area is 181 Å². The molecule has 0 aliphatic rings. The monoisotopic (exact) mass is 439 g/mol. The number of ether oxygens (including phenoxy) is 1. The highest BCUT2D eigenvalue weighted by Crippen LogP contribution is 2.31. The van der Waals surface area contributed by atoms with Crippen LogP contribution in [0.1, 0.15) is 28.2 Å². The number of benzene rings is 2. The molecule has 164 valence electrons. The standard InChI is InChI=1S/C23H19F2N3O4/c1-12-8-19(31-11-20-27-23(30)32-28-20)21(25)13(2)17(12)10-16-6-7-18(29)22(26-16)14-4-3-5-15(24)9-14/h3-9,29H,10-11H2,1-2H3,(H,27,28,30). The van der Waals surface area contributed by atoms with Crippen molar-refractivity contribution in [2.45, 2.75) is 26.9 Å². The first-order chi connectivity index (χ1) is 15.3. The van der Waals surface area contributed by atoms with Crippen LogP contribution in [0.4, 0.5) is 8.78 Å². The number of aromatic nitrogens is 3. The smallest absolute Gasteiger partial charge is 0.439 e. The molecule has 0 aliphatic carbocycles. The van der Waals surface area contributed by atoms with E-state index in [1.807, 2.05) is 6.92 Å². The van der Waals surface area contributed by atoms with Gasteiger partial charge < -0.3 is 9.84 Å². The Hall–Kier alpha value is -4.01. The highest BCUT2D eigenvalue weighted by atomic mass is 19.1. The van der Waals surface area contributed by atoms with Gasteiger partial charge in [-0.1, -0.05) is 17.3 Å². The number of pyridine rings is 1. The van der Waals surface area contributed by atoms with Gasteiger partial charge in [-0.3, -0.25) is 9.51 Å². The molecule has 0 saturated heterocycles. The van der Waals surface area contributed by atoms with Crippen LogP contribution in [0, 0.1) is 25.5 Å². The van der Waals surface area contributed by atoms with E-state index >= 15 is 0 Å². The van der Waals surface area contributed by atoms with Crippen molar-refractivity contribution in [2.24, 2.45) is 0 Å². The third-order valence-corrected chi connectivity index (χ3v) is 5.06. The van der Waals surface area contributed by atoms with E-state index in [0.29, 0.717) is 28.8 Å². The van der Waals surface area contributed by atoms with Crippen LogP contribution in [0.2, 0.25) is 0 Å². The maximum absolute atomic E-state index is 15.0. The van der Waals surface area contributed by atoms with Crippen LogP contribution >= 0.6 is 0 Å². The first-order valence-electron chi connectivity index (χ1n) is 9.73. The molecule has 0 unspecified atom stereocenters. The Balaban J connectivity index is 1.61. The summed E-state index contributed by atoms with van der Waals surface area (Å²) in [6, 6.07) is 10.5. The number of aromatic amines is 1. The maximum atomic E-state index is 15.0. The molecule has 4 aromatic rings. The zero-order valence-corrected chi connectivity index (χ0v) is 17.3. The topological polar surface area (TPSA) is 101 Å². The Kier molecular flexibility index (Phi) is 5.72. The minimum Gasteiger partial charge on any atom is -0.506 e.